The topological polar surface area (TPSA) is 96.0 Å². The third-order valence-corrected chi connectivity index (χ3v) is 2.69. The lowest BCUT2D eigenvalue weighted by molar-refractivity contribution is -0.385. The van der Waals surface area contributed by atoms with Crippen LogP contribution in [0.25, 0.3) is 0 Å². The lowest BCUT2D eigenvalue weighted by atomic mass is 9.96. The molecule has 106 valence electrons. The van der Waals surface area contributed by atoms with Crippen LogP contribution in [0.4, 0.5) is 10.1 Å². The largest absolute Gasteiger partial charge is 0.350 e. The molecule has 0 aliphatic heterocycles. The zero-order valence-electron chi connectivity index (χ0n) is 11.4. The highest BCUT2D eigenvalue weighted by Crippen LogP contribution is 2.21. The van der Waals surface area contributed by atoms with Gasteiger partial charge < -0.3 is 5.32 Å². The van der Waals surface area contributed by atoms with E-state index in [4.69, 9.17) is 5.26 Å². The van der Waals surface area contributed by atoms with Gasteiger partial charge in [0.2, 0.25) is 0 Å². The highest BCUT2D eigenvalue weighted by atomic mass is 19.1. The van der Waals surface area contributed by atoms with Crippen LogP contribution in [0.5, 0.6) is 0 Å². The number of nitriles is 1. The molecule has 0 spiro atoms. The number of carbonyl (C=O) groups excluding carboxylic acids is 1. The molecule has 0 saturated carbocycles. The second-order valence-electron chi connectivity index (χ2n) is 5.06. The Labute approximate surface area is 115 Å². The van der Waals surface area contributed by atoms with Gasteiger partial charge in [-0.2, -0.15) is 5.26 Å². The number of non-ortho nitro benzene ring substituents is 1. The van der Waals surface area contributed by atoms with Crippen molar-refractivity contribution in [2.24, 2.45) is 5.41 Å². The standard InChI is InChI=1S/C13H14FN3O3/c1-8-4-9(17(19)20)5-10(11(8)14)12(18)16-7-13(2,3)6-15/h4-5H,7H2,1-3H3,(H,16,18). The summed E-state index contributed by atoms with van der Waals surface area (Å²) in [5.41, 5.74) is -1.54. The van der Waals surface area contributed by atoms with E-state index in [0.717, 1.165) is 12.1 Å². The molecular formula is C13H14FN3O3. The van der Waals surface area contributed by atoms with Gasteiger partial charge in [-0.1, -0.05) is 0 Å². The van der Waals surface area contributed by atoms with Crippen LogP contribution in [-0.4, -0.2) is 17.4 Å². The van der Waals surface area contributed by atoms with Crippen molar-refractivity contribution >= 4 is 11.6 Å². The minimum absolute atomic E-state index is 0.0174. The van der Waals surface area contributed by atoms with Gasteiger partial charge in [0.1, 0.15) is 5.82 Å². The number of halogens is 1. The molecule has 1 amide bonds. The van der Waals surface area contributed by atoms with E-state index in [1.165, 1.54) is 6.92 Å². The van der Waals surface area contributed by atoms with Crippen molar-refractivity contribution in [3.8, 4) is 6.07 Å². The summed E-state index contributed by atoms with van der Waals surface area (Å²) in [6, 6.07) is 3.93. The van der Waals surface area contributed by atoms with Gasteiger partial charge in [-0.15, -0.1) is 0 Å². The van der Waals surface area contributed by atoms with E-state index >= 15 is 0 Å². The number of aryl methyl sites for hydroxylation is 1. The minimum atomic E-state index is -0.804. The number of hydrogen-bond donors (Lipinski definition) is 1. The van der Waals surface area contributed by atoms with Crippen LogP contribution in [0.15, 0.2) is 12.1 Å². The summed E-state index contributed by atoms with van der Waals surface area (Å²) in [5.74, 6) is -1.58. The van der Waals surface area contributed by atoms with Crippen molar-refractivity contribution in [2.45, 2.75) is 20.8 Å². The number of hydrogen-bond acceptors (Lipinski definition) is 4. The van der Waals surface area contributed by atoms with Gasteiger partial charge in [-0.25, -0.2) is 4.39 Å². The Hall–Kier alpha value is -2.49. The minimum Gasteiger partial charge on any atom is -0.350 e. The van der Waals surface area contributed by atoms with Crippen LogP contribution in [0.3, 0.4) is 0 Å². The van der Waals surface area contributed by atoms with E-state index < -0.39 is 27.6 Å². The third kappa shape index (κ3) is 3.51. The molecule has 0 heterocycles. The molecule has 6 nitrogen and oxygen atoms in total. The molecular weight excluding hydrogens is 265 g/mol. The van der Waals surface area contributed by atoms with Crippen molar-refractivity contribution in [3.05, 3.63) is 39.2 Å². The number of amides is 1. The smallest absolute Gasteiger partial charge is 0.270 e. The highest BCUT2D eigenvalue weighted by molar-refractivity contribution is 5.95. The molecule has 0 bridgehead atoms. The summed E-state index contributed by atoms with van der Waals surface area (Å²) in [6.45, 7) is 4.59. The molecule has 0 atom stereocenters. The average Bonchev–Trinajstić information content (AvgIpc) is 2.38. The average molecular weight is 279 g/mol. The molecule has 0 aliphatic rings. The Morgan fingerprint density at radius 3 is 2.65 bits per heavy atom. The Bertz CT molecular complexity index is 606. The number of carbonyl (C=O) groups is 1. The van der Waals surface area contributed by atoms with E-state index in [-0.39, 0.29) is 17.8 Å². The molecule has 1 aromatic carbocycles. The lowest BCUT2D eigenvalue weighted by Crippen LogP contribution is -2.33. The predicted molar refractivity (Wildman–Crippen MR) is 69.5 cm³/mol. The van der Waals surface area contributed by atoms with Gasteiger partial charge in [0, 0.05) is 18.7 Å². The number of nitrogens with zero attached hydrogens (tertiary/aromatic N) is 2. The monoisotopic (exact) mass is 279 g/mol. The number of nitrogens with one attached hydrogen (secondary N) is 1. The Kier molecular flexibility index (Phi) is 4.40. The third-order valence-electron chi connectivity index (χ3n) is 2.69. The lowest BCUT2D eigenvalue weighted by Gasteiger charge is -2.16. The van der Waals surface area contributed by atoms with Gasteiger partial charge in [0.05, 0.1) is 22.0 Å². The molecule has 0 saturated heterocycles. The first-order valence-electron chi connectivity index (χ1n) is 5.82. The van der Waals surface area contributed by atoms with Gasteiger partial charge in [0.15, 0.2) is 0 Å². The van der Waals surface area contributed by atoms with E-state index in [1.54, 1.807) is 13.8 Å². The van der Waals surface area contributed by atoms with Crippen molar-refractivity contribution in [2.75, 3.05) is 6.54 Å². The van der Waals surface area contributed by atoms with Crippen LogP contribution >= 0.6 is 0 Å². The number of nitro benzene ring substituents is 1. The summed E-state index contributed by atoms with van der Waals surface area (Å²) >= 11 is 0. The fourth-order valence-electron chi connectivity index (χ4n) is 1.46. The summed E-state index contributed by atoms with van der Waals surface area (Å²) in [7, 11) is 0. The molecule has 1 N–H and O–H groups in total. The summed E-state index contributed by atoms with van der Waals surface area (Å²) in [4.78, 5) is 21.9. The Balaban J connectivity index is 3.05. The fraction of sp³-hybridized carbons (Fsp3) is 0.385. The normalized spacial score (nSPS) is 10.8. The SMILES string of the molecule is Cc1cc([N+](=O)[O-])cc(C(=O)NCC(C)(C)C#N)c1F. The van der Waals surface area contributed by atoms with Gasteiger partial charge in [-0.05, 0) is 26.3 Å². The molecule has 0 radical (unpaired) electrons. The summed E-state index contributed by atoms with van der Waals surface area (Å²) in [6.07, 6.45) is 0. The zero-order chi connectivity index (χ0) is 15.5. The molecule has 0 fully saturated rings. The second-order valence-corrected chi connectivity index (χ2v) is 5.06. The first-order valence-corrected chi connectivity index (χ1v) is 5.82. The van der Waals surface area contributed by atoms with Crippen molar-refractivity contribution in [3.63, 3.8) is 0 Å². The maximum atomic E-state index is 13.8. The molecule has 1 rings (SSSR count). The summed E-state index contributed by atoms with van der Waals surface area (Å²) < 4.78 is 13.8. The fourth-order valence-corrected chi connectivity index (χ4v) is 1.46. The number of benzene rings is 1. The van der Waals surface area contributed by atoms with Crippen molar-refractivity contribution in [1.29, 1.82) is 5.26 Å². The van der Waals surface area contributed by atoms with Crippen molar-refractivity contribution in [1.82, 2.24) is 5.32 Å². The molecule has 0 aliphatic carbocycles. The molecule has 1 aromatic rings. The maximum Gasteiger partial charge on any atom is 0.270 e. The number of nitro groups is 1. The first-order chi connectivity index (χ1) is 9.18. The van der Waals surface area contributed by atoms with Crippen LogP contribution in [-0.2, 0) is 0 Å². The van der Waals surface area contributed by atoms with E-state index in [2.05, 4.69) is 5.32 Å². The molecule has 0 aromatic heterocycles. The first kappa shape index (κ1) is 15.6. The number of rotatable bonds is 4. The van der Waals surface area contributed by atoms with Gasteiger partial charge in [0.25, 0.3) is 11.6 Å². The van der Waals surface area contributed by atoms with E-state index in [0.29, 0.717) is 0 Å². The summed E-state index contributed by atoms with van der Waals surface area (Å²) in [5, 5.41) is 21.9. The van der Waals surface area contributed by atoms with Crippen LogP contribution in [0.1, 0.15) is 29.8 Å². The van der Waals surface area contributed by atoms with Gasteiger partial charge >= 0.3 is 0 Å². The molecule has 20 heavy (non-hydrogen) atoms. The highest BCUT2D eigenvalue weighted by Gasteiger charge is 2.22. The van der Waals surface area contributed by atoms with Crippen LogP contribution < -0.4 is 5.32 Å². The molecule has 7 heteroatoms. The quantitative estimate of drug-likeness (QED) is 0.675. The predicted octanol–water partition coefficient (Wildman–Crippen LogP) is 2.32. The van der Waals surface area contributed by atoms with E-state index in [9.17, 15) is 19.3 Å². The second kappa shape index (κ2) is 5.65. The Morgan fingerprint density at radius 1 is 1.55 bits per heavy atom. The van der Waals surface area contributed by atoms with Crippen LogP contribution in [0, 0.1) is 39.6 Å². The van der Waals surface area contributed by atoms with Crippen molar-refractivity contribution < 1.29 is 14.1 Å². The maximum absolute atomic E-state index is 13.8. The van der Waals surface area contributed by atoms with Crippen LogP contribution in [0.2, 0.25) is 0 Å². The molecule has 0 unspecified atom stereocenters. The zero-order valence-corrected chi connectivity index (χ0v) is 11.4. The van der Waals surface area contributed by atoms with Gasteiger partial charge in [-0.3, -0.25) is 14.9 Å². The van der Waals surface area contributed by atoms with E-state index in [1.807, 2.05) is 6.07 Å². The Morgan fingerprint density at radius 2 is 2.15 bits per heavy atom.